The Bertz CT molecular complexity index is 456. The van der Waals surface area contributed by atoms with Crippen LogP contribution in [0.25, 0.3) is 0 Å². The Balaban J connectivity index is 0.00000200. The van der Waals surface area contributed by atoms with E-state index in [4.69, 9.17) is 0 Å². The van der Waals surface area contributed by atoms with Crippen molar-refractivity contribution in [2.45, 2.75) is 19.8 Å². The molecule has 0 aliphatic carbocycles. The van der Waals surface area contributed by atoms with Crippen molar-refractivity contribution in [1.29, 1.82) is 0 Å². The molecule has 0 aromatic heterocycles. The second-order valence-corrected chi connectivity index (χ2v) is 5.43. The molecule has 1 aromatic carbocycles. The zero-order valence-corrected chi connectivity index (χ0v) is 12.2. The van der Waals surface area contributed by atoms with Crippen LogP contribution in [0.4, 0.5) is 8.78 Å². The molecule has 20 heavy (non-hydrogen) atoms. The average Bonchev–Trinajstić information content (AvgIpc) is 2.36. The number of hydrogen-bond donors (Lipinski definition) is 2. The lowest BCUT2D eigenvalue weighted by molar-refractivity contribution is 0.0923. The molecule has 1 fully saturated rings. The molecular formula is C14H19ClF2N2O. The van der Waals surface area contributed by atoms with Gasteiger partial charge in [-0.1, -0.05) is 6.92 Å². The maximum absolute atomic E-state index is 13.0. The highest BCUT2D eigenvalue weighted by Gasteiger charge is 2.27. The number of rotatable bonds is 3. The average molecular weight is 305 g/mol. The van der Waals surface area contributed by atoms with Gasteiger partial charge in [-0.3, -0.25) is 4.79 Å². The van der Waals surface area contributed by atoms with Crippen LogP contribution in [0.1, 0.15) is 30.1 Å². The molecule has 1 heterocycles. The monoisotopic (exact) mass is 304 g/mol. The van der Waals surface area contributed by atoms with E-state index in [2.05, 4.69) is 17.6 Å². The third-order valence-electron chi connectivity index (χ3n) is 3.49. The van der Waals surface area contributed by atoms with Gasteiger partial charge in [0.1, 0.15) is 11.6 Å². The minimum Gasteiger partial charge on any atom is -0.351 e. The van der Waals surface area contributed by atoms with E-state index in [1.165, 1.54) is 0 Å². The van der Waals surface area contributed by atoms with E-state index < -0.39 is 17.5 Å². The van der Waals surface area contributed by atoms with Gasteiger partial charge in [-0.05, 0) is 36.9 Å². The molecule has 1 aliphatic rings. The molecule has 1 aromatic rings. The number of halogens is 3. The number of amides is 1. The Morgan fingerprint density at radius 2 is 2.00 bits per heavy atom. The molecule has 1 atom stereocenters. The Kier molecular flexibility index (Phi) is 5.89. The first-order chi connectivity index (χ1) is 8.98. The highest BCUT2D eigenvalue weighted by Crippen LogP contribution is 2.24. The van der Waals surface area contributed by atoms with Crippen LogP contribution in [0.15, 0.2) is 18.2 Å². The maximum Gasteiger partial charge on any atom is 0.251 e. The van der Waals surface area contributed by atoms with Crippen molar-refractivity contribution in [2.24, 2.45) is 5.41 Å². The van der Waals surface area contributed by atoms with Crippen LogP contribution in [0.3, 0.4) is 0 Å². The lowest BCUT2D eigenvalue weighted by Crippen LogP contribution is -2.45. The summed E-state index contributed by atoms with van der Waals surface area (Å²) in [5.74, 6) is -1.92. The number of carbonyl (C=O) groups excluding carboxylic acids is 1. The number of benzene rings is 1. The Morgan fingerprint density at radius 1 is 1.35 bits per heavy atom. The van der Waals surface area contributed by atoms with E-state index in [0.29, 0.717) is 6.54 Å². The Hall–Kier alpha value is -1.20. The van der Waals surface area contributed by atoms with E-state index in [9.17, 15) is 13.6 Å². The summed E-state index contributed by atoms with van der Waals surface area (Å²) in [6.45, 7) is 4.42. The van der Waals surface area contributed by atoms with Crippen molar-refractivity contribution in [3.05, 3.63) is 35.4 Å². The van der Waals surface area contributed by atoms with Crippen LogP contribution in [0, 0.1) is 17.0 Å². The van der Waals surface area contributed by atoms with Crippen molar-refractivity contribution in [3.8, 4) is 0 Å². The molecule has 0 saturated carbocycles. The van der Waals surface area contributed by atoms with Gasteiger partial charge >= 0.3 is 0 Å². The molecule has 0 spiro atoms. The van der Waals surface area contributed by atoms with E-state index in [-0.39, 0.29) is 23.4 Å². The lowest BCUT2D eigenvalue weighted by atomic mass is 9.83. The van der Waals surface area contributed by atoms with Crippen LogP contribution < -0.4 is 10.6 Å². The Labute approximate surface area is 123 Å². The van der Waals surface area contributed by atoms with Gasteiger partial charge in [-0.25, -0.2) is 8.78 Å². The molecule has 2 rings (SSSR count). The molecule has 0 radical (unpaired) electrons. The Morgan fingerprint density at radius 3 is 2.55 bits per heavy atom. The summed E-state index contributed by atoms with van der Waals surface area (Å²) >= 11 is 0. The normalized spacial score (nSPS) is 21.9. The van der Waals surface area contributed by atoms with Gasteiger partial charge in [0.15, 0.2) is 0 Å². The fraction of sp³-hybridized carbons (Fsp3) is 0.500. The van der Waals surface area contributed by atoms with Gasteiger partial charge in [-0.15, -0.1) is 12.4 Å². The van der Waals surface area contributed by atoms with Gasteiger partial charge in [0.2, 0.25) is 0 Å². The van der Waals surface area contributed by atoms with Gasteiger partial charge < -0.3 is 10.6 Å². The first kappa shape index (κ1) is 16.9. The molecule has 6 heteroatoms. The van der Waals surface area contributed by atoms with E-state index in [1.807, 2.05) is 0 Å². The minimum absolute atomic E-state index is 0. The van der Waals surface area contributed by atoms with Gasteiger partial charge in [-0.2, -0.15) is 0 Å². The smallest absolute Gasteiger partial charge is 0.251 e. The first-order valence-electron chi connectivity index (χ1n) is 6.44. The summed E-state index contributed by atoms with van der Waals surface area (Å²) < 4.78 is 26.1. The molecule has 1 aliphatic heterocycles. The van der Waals surface area contributed by atoms with Crippen molar-refractivity contribution >= 4 is 18.3 Å². The number of carbonyl (C=O) groups is 1. The zero-order valence-electron chi connectivity index (χ0n) is 11.3. The van der Waals surface area contributed by atoms with Crippen LogP contribution in [-0.4, -0.2) is 25.5 Å². The summed E-state index contributed by atoms with van der Waals surface area (Å²) in [7, 11) is 0. The SMILES string of the molecule is CC1(CNC(=O)c2cc(F)cc(F)c2)CCCNC1.Cl. The minimum atomic E-state index is -0.740. The zero-order chi connectivity index (χ0) is 13.9. The molecule has 1 amide bonds. The number of piperidine rings is 1. The maximum atomic E-state index is 13.0. The lowest BCUT2D eigenvalue weighted by Gasteiger charge is -2.34. The molecular weight excluding hydrogens is 286 g/mol. The van der Waals surface area contributed by atoms with Crippen molar-refractivity contribution in [1.82, 2.24) is 10.6 Å². The molecule has 1 saturated heterocycles. The fourth-order valence-electron chi connectivity index (χ4n) is 2.35. The predicted molar refractivity (Wildman–Crippen MR) is 76.1 cm³/mol. The van der Waals surface area contributed by atoms with Gasteiger partial charge in [0.05, 0.1) is 0 Å². The second-order valence-electron chi connectivity index (χ2n) is 5.43. The topological polar surface area (TPSA) is 41.1 Å². The third kappa shape index (κ3) is 4.42. The molecule has 3 nitrogen and oxygen atoms in total. The first-order valence-corrected chi connectivity index (χ1v) is 6.44. The van der Waals surface area contributed by atoms with Crippen molar-refractivity contribution in [2.75, 3.05) is 19.6 Å². The highest BCUT2D eigenvalue weighted by atomic mass is 35.5. The van der Waals surface area contributed by atoms with Crippen LogP contribution in [0.5, 0.6) is 0 Å². The summed E-state index contributed by atoms with van der Waals surface area (Å²) in [5, 5.41) is 6.04. The van der Waals surface area contributed by atoms with Gasteiger partial charge in [0.25, 0.3) is 5.91 Å². The fourth-order valence-corrected chi connectivity index (χ4v) is 2.35. The molecule has 112 valence electrons. The van der Waals surface area contributed by atoms with Crippen molar-refractivity contribution in [3.63, 3.8) is 0 Å². The quantitative estimate of drug-likeness (QED) is 0.901. The van der Waals surface area contributed by atoms with E-state index in [1.54, 1.807) is 0 Å². The molecule has 0 bridgehead atoms. The van der Waals surface area contributed by atoms with Crippen LogP contribution in [-0.2, 0) is 0 Å². The standard InChI is InChI=1S/C14H18F2N2O.ClH/c1-14(3-2-4-17-8-14)9-18-13(19)10-5-11(15)7-12(16)6-10;/h5-7,17H,2-4,8-9H2,1H3,(H,18,19);1H. The van der Waals surface area contributed by atoms with Crippen LogP contribution >= 0.6 is 12.4 Å². The van der Waals surface area contributed by atoms with E-state index >= 15 is 0 Å². The van der Waals surface area contributed by atoms with Crippen LogP contribution in [0.2, 0.25) is 0 Å². The summed E-state index contributed by atoms with van der Waals surface area (Å²) in [6, 6.07) is 2.84. The number of nitrogens with one attached hydrogen (secondary N) is 2. The predicted octanol–water partition coefficient (Wildman–Crippen LogP) is 2.51. The van der Waals surface area contributed by atoms with Crippen molar-refractivity contribution < 1.29 is 13.6 Å². The summed E-state index contributed by atoms with van der Waals surface area (Å²) in [4.78, 5) is 11.9. The van der Waals surface area contributed by atoms with E-state index in [0.717, 1.165) is 44.1 Å². The molecule has 1 unspecified atom stereocenters. The summed E-state index contributed by atoms with van der Waals surface area (Å²) in [5.41, 5.74) is 0.0182. The molecule has 2 N–H and O–H groups in total. The third-order valence-corrected chi connectivity index (χ3v) is 3.49. The second kappa shape index (κ2) is 6.99. The largest absolute Gasteiger partial charge is 0.351 e. The number of hydrogen-bond acceptors (Lipinski definition) is 2. The highest BCUT2D eigenvalue weighted by molar-refractivity contribution is 5.94. The van der Waals surface area contributed by atoms with Gasteiger partial charge in [0, 0.05) is 24.7 Å². The summed E-state index contributed by atoms with van der Waals surface area (Å²) in [6.07, 6.45) is 2.10.